The Balaban J connectivity index is 2.30. The van der Waals surface area contributed by atoms with E-state index < -0.39 is 17.5 Å². The van der Waals surface area contributed by atoms with Gasteiger partial charge in [-0.25, -0.2) is 8.78 Å². The highest BCUT2D eigenvalue weighted by Crippen LogP contribution is 2.23. The van der Waals surface area contributed by atoms with E-state index in [4.69, 9.17) is 0 Å². The fraction of sp³-hybridized carbons (Fsp3) is 0.0714. The van der Waals surface area contributed by atoms with Crippen LogP contribution >= 0.6 is 28.6 Å². The van der Waals surface area contributed by atoms with Gasteiger partial charge in [0.05, 0.1) is 11.3 Å². The standard InChI is InChI=1S/C14H10BrF2NOS/c1-7-4-11(17)12(6-10(7)16)18-14(19)9-3-2-8(15)5-13(9)20/h2-6,20H,1H3,(H,18,19). The Morgan fingerprint density at radius 1 is 1.20 bits per heavy atom. The van der Waals surface area contributed by atoms with Crippen molar-refractivity contribution in [3.8, 4) is 0 Å². The number of nitrogens with one attached hydrogen (secondary N) is 1. The molecule has 0 bridgehead atoms. The van der Waals surface area contributed by atoms with Crippen molar-refractivity contribution < 1.29 is 13.6 Å². The Hall–Kier alpha value is -1.40. The number of carbonyl (C=O) groups is 1. The van der Waals surface area contributed by atoms with Crippen LogP contribution < -0.4 is 5.32 Å². The zero-order chi connectivity index (χ0) is 14.9. The molecule has 0 saturated carbocycles. The fourth-order valence-electron chi connectivity index (χ4n) is 1.63. The van der Waals surface area contributed by atoms with Crippen LogP contribution in [-0.2, 0) is 0 Å². The number of hydrogen-bond donors (Lipinski definition) is 2. The first-order valence-electron chi connectivity index (χ1n) is 5.64. The number of amides is 1. The van der Waals surface area contributed by atoms with E-state index in [1.54, 1.807) is 18.2 Å². The molecule has 6 heteroatoms. The van der Waals surface area contributed by atoms with E-state index in [9.17, 15) is 13.6 Å². The van der Waals surface area contributed by atoms with Gasteiger partial charge in [0.25, 0.3) is 5.91 Å². The Bertz CT molecular complexity index is 691. The smallest absolute Gasteiger partial charge is 0.256 e. The zero-order valence-electron chi connectivity index (χ0n) is 10.4. The summed E-state index contributed by atoms with van der Waals surface area (Å²) < 4.78 is 27.8. The molecule has 0 radical (unpaired) electrons. The van der Waals surface area contributed by atoms with E-state index in [1.807, 2.05) is 0 Å². The Morgan fingerprint density at radius 3 is 2.55 bits per heavy atom. The summed E-state index contributed by atoms with van der Waals surface area (Å²) in [6.07, 6.45) is 0. The quantitative estimate of drug-likeness (QED) is 0.757. The summed E-state index contributed by atoms with van der Waals surface area (Å²) in [7, 11) is 0. The maximum absolute atomic E-state index is 13.7. The summed E-state index contributed by atoms with van der Waals surface area (Å²) in [5.41, 5.74) is 0.254. The van der Waals surface area contributed by atoms with Crippen molar-refractivity contribution >= 4 is 40.2 Å². The molecule has 0 saturated heterocycles. The summed E-state index contributed by atoms with van der Waals surface area (Å²) in [6, 6.07) is 6.85. The second-order valence-electron chi connectivity index (χ2n) is 4.20. The summed E-state index contributed by atoms with van der Waals surface area (Å²) in [5.74, 6) is -1.82. The van der Waals surface area contributed by atoms with Crippen LogP contribution in [0, 0.1) is 18.6 Å². The van der Waals surface area contributed by atoms with Crippen LogP contribution in [0.2, 0.25) is 0 Å². The van der Waals surface area contributed by atoms with Gasteiger partial charge in [0.2, 0.25) is 0 Å². The van der Waals surface area contributed by atoms with E-state index in [2.05, 4.69) is 33.9 Å². The predicted molar refractivity (Wildman–Crippen MR) is 80.4 cm³/mol. The van der Waals surface area contributed by atoms with Crippen molar-refractivity contribution in [2.24, 2.45) is 0 Å². The van der Waals surface area contributed by atoms with Gasteiger partial charge in [-0.15, -0.1) is 12.6 Å². The molecule has 1 N–H and O–H groups in total. The number of carbonyl (C=O) groups excluding carboxylic acids is 1. The normalized spacial score (nSPS) is 10.4. The monoisotopic (exact) mass is 357 g/mol. The van der Waals surface area contributed by atoms with Crippen LogP contribution in [0.4, 0.5) is 14.5 Å². The SMILES string of the molecule is Cc1cc(F)c(NC(=O)c2ccc(Br)cc2S)cc1F. The molecule has 2 aromatic carbocycles. The second kappa shape index (κ2) is 5.93. The van der Waals surface area contributed by atoms with E-state index in [1.165, 1.54) is 6.92 Å². The van der Waals surface area contributed by atoms with Crippen LogP contribution in [0.25, 0.3) is 0 Å². The van der Waals surface area contributed by atoms with Crippen LogP contribution in [0.5, 0.6) is 0 Å². The number of aryl methyl sites for hydroxylation is 1. The molecule has 2 nitrogen and oxygen atoms in total. The molecule has 0 spiro atoms. The highest BCUT2D eigenvalue weighted by atomic mass is 79.9. The average Bonchev–Trinajstić information content (AvgIpc) is 2.35. The van der Waals surface area contributed by atoms with Crippen LogP contribution in [0.1, 0.15) is 15.9 Å². The molecule has 0 atom stereocenters. The number of hydrogen-bond acceptors (Lipinski definition) is 2. The van der Waals surface area contributed by atoms with E-state index >= 15 is 0 Å². The largest absolute Gasteiger partial charge is 0.319 e. The van der Waals surface area contributed by atoms with Gasteiger partial charge in [-0.05, 0) is 36.8 Å². The molecule has 0 aliphatic carbocycles. The van der Waals surface area contributed by atoms with Gasteiger partial charge in [-0.1, -0.05) is 15.9 Å². The molecule has 0 fully saturated rings. The fourth-order valence-corrected chi connectivity index (χ4v) is 2.48. The van der Waals surface area contributed by atoms with Crippen LogP contribution in [-0.4, -0.2) is 5.91 Å². The van der Waals surface area contributed by atoms with Gasteiger partial charge in [-0.3, -0.25) is 4.79 Å². The second-order valence-corrected chi connectivity index (χ2v) is 5.59. The first-order valence-corrected chi connectivity index (χ1v) is 6.88. The van der Waals surface area contributed by atoms with Gasteiger partial charge in [-0.2, -0.15) is 0 Å². The van der Waals surface area contributed by atoms with E-state index in [0.29, 0.717) is 4.90 Å². The molecule has 0 heterocycles. The minimum Gasteiger partial charge on any atom is -0.319 e. The first-order chi connectivity index (χ1) is 9.38. The molecule has 1 amide bonds. The highest BCUT2D eigenvalue weighted by Gasteiger charge is 2.14. The first kappa shape index (κ1) is 15.0. The molecule has 2 aromatic rings. The van der Waals surface area contributed by atoms with E-state index in [0.717, 1.165) is 16.6 Å². The number of rotatable bonds is 2. The van der Waals surface area contributed by atoms with E-state index in [-0.39, 0.29) is 16.8 Å². The Morgan fingerprint density at radius 2 is 1.90 bits per heavy atom. The summed E-state index contributed by atoms with van der Waals surface area (Å²) in [6.45, 7) is 1.45. The molecular weight excluding hydrogens is 348 g/mol. The maximum atomic E-state index is 13.7. The summed E-state index contributed by atoms with van der Waals surface area (Å²) >= 11 is 7.43. The molecule has 2 rings (SSSR count). The van der Waals surface area contributed by atoms with Crippen LogP contribution in [0.15, 0.2) is 39.7 Å². The third-order valence-corrected chi connectivity index (χ3v) is 3.56. The lowest BCUT2D eigenvalue weighted by atomic mass is 10.1. The molecule has 0 unspecified atom stereocenters. The topological polar surface area (TPSA) is 29.1 Å². The third-order valence-electron chi connectivity index (χ3n) is 2.70. The lowest BCUT2D eigenvalue weighted by molar-refractivity contribution is 0.102. The average molecular weight is 358 g/mol. The number of halogens is 3. The van der Waals surface area contributed by atoms with Crippen molar-refractivity contribution in [1.82, 2.24) is 0 Å². The molecule has 0 aromatic heterocycles. The van der Waals surface area contributed by atoms with Gasteiger partial charge < -0.3 is 5.32 Å². The minimum atomic E-state index is -0.685. The number of benzene rings is 2. The minimum absolute atomic E-state index is 0.180. The Labute approximate surface area is 128 Å². The van der Waals surface area contributed by atoms with Gasteiger partial charge >= 0.3 is 0 Å². The van der Waals surface area contributed by atoms with Gasteiger partial charge in [0.1, 0.15) is 11.6 Å². The highest BCUT2D eigenvalue weighted by molar-refractivity contribution is 9.10. The maximum Gasteiger partial charge on any atom is 0.256 e. The lowest BCUT2D eigenvalue weighted by Crippen LogP contribution is -2.14. The molecule has 104 valence electrons. The molecule has 0 aliphatic rings. The van der Waals surface area contributed by atoms with Crippen molar-refractivity contribution in [1.29, 1.82) is 0 Å². The predicted octanol–water partition coefficient (Wildman–Crippen LogP) is 4.58. The molecule has 0 aliphatic heterocycles. The lowest BCUT2D eigenvalue weighted by Gasteiger charge is -2.09. The van der Waals surface area contributed by atoms with Gasteiger partial charge in [0, 0.05) is 15.4 Å². The zero-order valence-corrected chi connectivity index (χ0v) is 12.9. The third kappa shape index (κ3) is 3.19. The van der Waals surface area contributed by atoms with Crippen LogP contribution in [0.3, 0.4) is 0 Å². The van der Waals surface area contributed by atoms with Crippen molar-refractivity contribution in [2.75, 3.05) is 5.32 Å². The number of anilines is 1. The Kier molecular flexibility index (Phi) is 4.45. The van der Waals surface area contributed by atoms with Crippen molar-refractivity contribution in [2.45, 2.75) is 11.8 Å². The van der Waals surface area contributed by atoms with Gasteiger partial charge in [0.15, 0.2) is 0 Å². The summed E-state index contributed by atoms with van der Waals surface area (Å²) in [5, 5.41) is 2.34. The molecule has 20 heavy (non-hydrogen) atoms. The van der Waals surface area contributed by atoms with Crippen molar-refractivity contribution in [3.63, 3.8) is 0 Å². The summed E-state index contributed by atoms with van der Waals surface area (Å²) in [4.78, 5) is 12.5. The molecular formula is C14H10BrF2NOS. The van der Waals surface area contributed by atoms with Crippen molar-refractivity contribution in [3.05, 3.63) is 57.6 Å². The number of thiol groups is 1.